The van der Waals surface area contributed by atoms with Gasteiger partial charge in [-0.1, -0.05) is 19.4 Å². The highest BCUT2D eigenvalue weighted by Crippen LogP contribution is 2.23. The van der Waals surface area contributed by atoms with Crippen molar-refractivity contribution in [3.63, 3.8) is 0 Å². The van der Waals surface area contributed by atoms with E-state index in [2.05, 4.69) is 41.7 Å². The molecule has 0 aliphatic carbocycles. The first-order valence-electron chi connectivity index (χ1n) is 6.47. The van der Waals surface area contributed by atoms with Crippen LogP contribution in [0.25, 0.3) is 0 Å². The van der Waals surface area contributed by atoms with E-state index in [-0.39, 0.29) is 0 Å². The van der Waals surface area contributed by atoms with Crippen molar-refractivity contribution in [1.29, 1.82) is 0 Å². The number of nitrogens with one attached hydrogen (secondary N) is 1. The van der Waals surface area contributed by atoms with Crippen LogP contribution in [-0.2, 0) is 6.42 Å². The molecule has 0 amide bonds. The number of hydrogen-bond donors (Lipinski definition) is 1. The Kier molecular flexibility index (Phi) is 5.35. The molecule has 0 bridgehead atoms. The van der Waals surface area contributed by atoms with Gasteiger partial charge in [0.2, 0.25) is 0 Å². The molecule has 0 aromatic carbocycles. The summed E-state index contributed by atoms with van der Waals surface area (Å²) in [6, 6.07) is 4.89. The normalized spacial score (nSPS) is 12.8. The first-order chi connectivity index (χ1) is 8.81. The van der Waals surface area contributed by atoms with Crippen LogP contribution in [0.15, 0.2) is 23.0 Å². The van der Waals surface area contributed by atoms with Crippen molar-refractivity contribution in [1.82, 2.24) is 10.3 Å². The lowest BCUT2D eigenvalue weighted by atomic mass is 10.1. The Morgan fingerprint density at radius 3 is 2.89 bits per heavy atom. The Labute approximate surface area is 117 Å². The zero-order valence-electron chi connectivity index (χ0n) is 11.0. The average Bonchev–Trinajstić information content (AvgIpc) is 3.00. The van der Waals surface area contributed by atoms with Crippen molar-refractivity contribution in [2.45, 2.75) is 39.2 Å². The zero-order chi connectivity index (χ0) is 12.8. The molecule has 0 saturated carbocycles. The molecular weight excluding hydrogens is 260 g/mol. The summed E-state index contributed by atoms with van der Waals surface area (Å²) in [5.41, 5.74) is 3.12. The van der Waals surface area contributed by atoms with E-state index in [1.165, 1.54) is 28.3 Å². The van der Waals surface area contributed by atoms with Crippen LogP contribution < -0.4 is 5.32 Å². The Morgan fingerprint density at radius 2 is 2.28 bits per heavy atom. The maximum atomic E-state index is 4.29. The van der Waals surface area contributed by atoms with Crippen LogP contribution in [0.3, 0.4) is 0 Å². The summed E-state index contributed by atoms with van der Waals surface area (Å²) in [5.74, 6) is 0. The lowest BCUT2D eigenvalue weighted by molar-refractivity contribution is 0.505. The third kappa shape index (κ3) is 3.64. The lowest BCUT2D eigenvalue weighted by Gasteiger charge is -2.16. The zero-order valence-corrected chi connectivity index (χ0v) is 12.6. The summed E-state index contributed by atoms with van der Waals surface area (Å²) in [7, 11) is 0. The van der Waals surface area contributed by atoms with Gasteiger partial charge in [-0.15, -0.1) is 22.7 Å². The highest BCUT2D eigenvalue weighted by molar-refractivity contribution is 7.10. The summed E-state index contributed by atoms with van der Waals surface area (Å²) >= 11 is 3.61. The van der Waals surface area contributed by atoms with E-state index in [0.29, 0.717) is 6.04 Å². The molecular formula is C14H20N2S2. The number of nitrogens with zero attached hydrogens (tertiary/aromatic N) is 1. The van der Waals surface area contributed by atoms with Crippen molar-refractivity contribution in [2.75, 3.05) is 6.54 Å². The Bertz CT molecular complexity index is 448. The predicted octanol–water partition coefficient (Wildman–Crippen LogP) is 4.19. The van der Waals surface area contributed by atoms with Crippen LogP contribution in [0.1, 0.15) is 41.3 Å². The summed E-state index contributed by atoms with van der Waals surface area (Å²) < 4.78 is 0. The van der Waals surface area contributed by atoms with E-state index in [4.69, 9.17) is 0 Å². The van der Waals surface area contributed by atoms with Gasteiger partial charge < -0.3 is 5.32 Å². The Balaban J connectivity index is 1.85. The second kappa shape index (κ2) is 7.02. The van der Waals surface area contributed by atoms with E-state index >= 15 is 0 Å². The fourth-order valence-electron chi connectivity index (χ4n) is 2.05. The SMILES string of the molecule is CCCC(NCCc1scnc1C)c1cccs1. The summed E-state index contributed by atoms with van der Waals surface area (Å²) in [5, 5.41) is 5.84. The largest absolute Gasteiger partial charge is 0.309 e. The molecule has 0 radical (unpaired) electrons. The van der Waals surface area contributed by atoms with Gasteiger partial charge in [0.25, 0.3) is 0 Å². The molecule has 0 fully saturated rings. The van der Waals surface area contributed by atoms with Crippen LogP contribution in [0.4, 0.5) is 0 Å². The van der Waals surface area contributed by atoms with Gasteiger partial charge in [-0.05, 0) is 31.2 Å². The third-order valence-corrected chi connectivity index (χ3v) is 5.03. The van der Waals surface area contributed by atoms with E-state index in [1.54, 1.807) is 11.3 Å². The average molecular weight is 280 g/mol. The molecule has 98 valence electrons. The Hall–Kier alpha value is -0.710. The minimum Gasteiger partial charge on any atom is -0.309 e. The minimum atomic E-state index is 0.517. The van der Waals surface area contributed by atoms with Gasteiger partial charge in [-0.25, -0.2) is 4.98 Å². The number of aromatic nitrogens is 1. The van der Waals surface area contributed by atoms with Crippen LogP contribution >= 0.6 is 22.7 Å². The molecule has 2 rings (SSSR count). The summed E-state index contributed by atoms with van der Waals surface area (Å²) in [4.78, 5) is 7.16. The minimum absolute atomic E-state index is 0.517. The van der Waals surface area contributed by atoms with E-state index in [0.717, 1.165) is 13.0 Å². The molecule has 0 spiro atoms. The molecule has 1 N–H and O–H groups in total. The van der Waals surface area contributed by atoms with Crippen molar-refractivity contribution >= 4 is 22.7 Å². The first kappa shape index (κ1) is 13.7. The quantitative estimate of drug-likeness (QED) is 0.822. The van der Waals surface area contributed by atoms with Gasteiger partial charge in [0.15, 0.2) is 0 Å². The predicted molar refractivity (Wildman–Crippen MR) is 80.5 cm³/mol. The van der Waals surface area contributed by atoms with Crippen LogP contribution in [0.2, 0.25) is 0 Å². The second-order valence-corrected chi connectivity index (χ2v) is 6.34. The molecule has 2 nitrogen and oxygen atoms in total. The highest BCUT2D eigenvalue weighted by Gasteiger charge is 2.11. The van der Waals surface area contributed by atoms with Crippen molar-refractivity contribution in [3.8, 4) is 0 Å². The van der Waals surface area contributed by atoms with E-state index in [1.807, 2.05) is 16.8 Å². The molecule has 2 aromatic heterocycles. The van der Waals surface area contributed by atoms with Gasteiger partial charge in [-0.3, -0.25) is 0 Å². The summed E-state index contributed by atoms with van der Waals surface area (Å²) in [6.07, 6.45) is 3.51. The van der Waals surface area contributed by atoms with E-state index < -0.39 is 0 Å². The highest BCUT2D eigenvalue weighted by atomic mass is 32.1. The van der Waals surface area contributed by atoms with Crippen molar-refractivity contribution < 1.29 is 0 Å². The number of aryl methyl sites for hydroxylation is 1. The topological polar surface area (TPSA) is 24.9 Å². The third-order valence-electron chi connectivity index (χ3n) is 3.05. The fourth-order valence-corrected chi connectivity index (χ4v) is 3.67. The van der Waals surface area contributed by atoms with Crippen LogP contribution in [0.5, 0.6) is 0 Å². The van der Waals surface area contributed by atoms with Gasteiger partial charge >= 0.3 is 0 Å². The lowest BCUT2D eigenvalue weighted by Crippen LogP contribution is -2.23. The second-order valence-electron chi connectivity index (χ2n) is 4.42. The molecule has 0 aliphatic rings. The van der Waals surface area contributed by atoms with Gasteiger partial charge in [0.1, 0.15) is 0 Å². The molecule has 2 heterocycles. The summed E-state index contributed by atoms with van der Waals surface area (Å²) in [6.45, 7) is 5.37. The molecule has 0 saturated heterocycles. The van der Waals surface area contributed by atoms with Gasteiger partial charge in [0, 0.05) is 22.3 Å². The number of thiophene rings is 1. The molecule has 4 heteroatoms. The standard InChI is InChI=1S/C14H20N2S2/c1-3-5-12(14-6-4-9-17-14)15-8-7-13-11(2)16-10-18-13/h4,6,9-10,12,15H,3,5,7-8H2,1-2H3. The number of thiazole rings is 1. The van der Waals surface area contributed by atoms with Crippen molar-refractivity contribution in [2.24, 2.45) is 0 Å². The molecule has 18 heavy (non-hydrogen) atoms. The molecule has 1 unspecified atom stereocenters. The smallest absolute Gasteiger partial charge is 0.0797 e. The first-order valence-corrected chi connectivity index (χ1v) is 8.23. The monoisotopic (exact) mass is 280 g/mol. The Morgan fingerprint density at radius 1 is 1.39 bits per heavy atom. The molecule has 1 atom stereocenters. The fraction of sp³-hybridized carbons (Fsp3) is 0.500. The number of rotatable bonds is 7. The molecule has 2 aromatic rings. The van der Waals surface area contributed by atoms with Crippen LogP contribution in [0, 0.1) is 6.92 Å². The van der Waals surface area contributed by atoms with E-state index in [9.17, 15) is 0 Å². The molecule has 0 aliphatic heterocycles. The maximum Gasteiger partial charge on any atom is 0.0797 e. The van der Waals surface area contributed by atoms with Crippen molar-refractivity contribution in [3.05, 3.63) is 38.5 Å². The van der Waals surface area contributed by atoms with Gasteiger partial charge in [-0.2, -0.15) is 0 Å². The van der Waals surface area contributed by atoms with Gasteiger partial charge in [0.05, 0.1) is 11.2 Å². The van der Waals surface area contributed by atoms with Crippen LogP contribution in [-0.4, -0.2) is 11.5 Å². The maximum absolute atomic E-state index is 4.29. The number of hydrogen-bond acceptors (Lipinski definition) is 4.